The second-order valence-electron chi connectivity index (χ2n) is 6.98. The first-order valence-electron chi connectivity index (χ1n) is 10.0. The number of anilines is 1. The molecule has 0 saturated heterocycles. The Kier molecular flexibility index (Phi) is 8.10. The Hall–Kier alpha value is -4.04. The average Bonchev–Trinajstić information content (AvgIpc) is 2.86. The minimum Gasteiger partial charge on any atom is -0.496 e. The standard InChI is InChI=1S/C25H22ClNO7/c1-31-21-9-8-15(10-18(21)14-34-22-7-5-4-6-20(22)26)23(28)27-19-12-16(24(29)32-2)11-17(13-19)25(30)33-3/h4-13H,14H2,1-3H3,(H,27,28). The van der Waals surface area contributed by atoms with Crippen molar-refractivity contribution in [2.75, 3.05) is 26.6 Å². The maximum Gasteiger partial charge on any atom is 0.337 e. The van der Waals surface area contributed by atoms with E-state index in [1.165, 1.54) is 39.5 Å². The van der Waals surface area contributed by atoms with Gasteiger partial charge in [0.15, 0.2) is 0 Å². The van der Waals surface area contributed by atoms with Crippen LogP contribution in [0.2, 0.25) is 5.02 Å². The van der Waals surface area contributed by atoms with Crippen molar-refractivity contribution in [1.82, 2.24) is 0 Å². The normalized spacial score (nSPS) is 10.2. The van der Waals surface area contributed by atoms with Crippen LogP contribution in [0.3, 0.4) is 0 Å². The predicted molar refractivity (Wildman–Crippen MR) is 126 cm³/mol. The number of amides is 1. The topological polar surface area (TPSA) is 100 Å². The van der Waals surface area contributed by atoms with Crippen molar-refractivity contribution in [3.63, 3.8) is 0 Å². The highest BCUT2D eigenvalue weighted by molar-refractivity contribution is 6.32. The molecule has 176 valence electrons. The zero-order valence-electron chi connectivity index (χ0n) is 18.7. The van der Waals surface area contributed by atoms with Crippen LogP contribution < -0.4 is 14.8 Å². The second-order valence-corrected chi connectivity index (χ2v) is 7.39. The molecule has 0 bridgehead atoms. The predicted octanol–water partition coefficient (Wildman–Crippen LogP) is 4.75. The molecule has 34 heavy (non-hydrogen) atoms. The molecule has 1 N–H and O–H groups in total. The van der Waals surface area contributed by atoms with Crippen molar-refractivity contribution >= 4 is 35.1 Å². The van der Waals surface area contributed by atoms with Crippen LogP contribution >= 0.6 is 11.6 Å². The molecule has 0 fully saturated rings. The number of ether oxygens (including phenoxy) is 4. The van der Waals surface area contributed by atoms with Gasteiger partial charge in [-0.05, 0) is 48.5 Å². The van der Waals surface area contributed by atoms with Gasteiger partial charge in [0.05, 0.1) is 37.5 Å². The summed E-state index contributed by atoms with van der Waals surface area (Å²) in [6.45, 7) is 0.109. The van der Waals surface area contributed by atoms with Gasteiger partial charge >= 0.3 is 11.9 Å². The molecule has 0 aliphatic heterocycles. The lowest BCUT2D eigenvalue weighted by Gasteiger charge is -2.13. The minimum absolute atomic E-state index is 0.0873. The van der Waals surface area contributed by atoms with Crippen LogP contribution in [0.15, 0.2) is 60.7 Å². The molecular weight excluding hydrogens is 462 g/mol. The monoisotopic (exact) mass is 483 g/mol. The first-order valence-corrected chi connectivity index (χ1v) is 10.4. The fourth-order valence-corrected chi connectivity index (χ4v) is 3.31. The maximum atomic E-state index is 12.9. The summed E-state index contributed by atoms with van der Waals surface area (Å²) in [5, 5.41) is 3.15. The van der Waals surface area contributed by atoms with Crippen LogP contribution in [0.4, 0.5) is 5.69 Å². The van der Waals surface area contributed by atoms with E-state index >= 15 is 0 Å². The Morgan fingerprint density at radius 1 is 0.794 bits per heavy atom. The number of hydrogen-bond donors (Lipinski definition) is 1. The van der Waals surface area contributed by atoms with E-state index in [0.717, 1.165) is 0 Å². The van der Waals surface area contributed by atoms with Gasteiger partial charge in [0, 0.05) is 16.8 Å². The summed E-state index contributed by atoms with van der Waals surface area (Å²) in [5.41, 5.74) is 1.32. The van der Waals surface area contributed by atoms with Crippen molar-refractivity contribution in [2.24, 2.45) is 0 Å². The molecule has 0 radical (unpaired) electrons. The summed E-state index contributed by atoms with van der Waals surface area (Å²) < 4.78 is 20.6. The maximum absolute atomic E-state index is 12.9. The molecule has 0 aliphatic rings. The smallest absolute Gasteiger partial charge is 0.337 e. The Balaban J connectivity index is 1.85. The highest BCUT2D eigenvalue weighted by Gasteiger charge is 2.17. The van der Waals surface area contributed by atoms with Gasteiger partial charge in [-0.25, -0.2) is 9.59 Å². The SMILES string of the molecule is COC(=O)c1cc(NC(=O)c2ccc(OC)c(COc3ccccc3Cl)c2)cc(C(=O)OC)c1. The van der Waals surface area contributed by atoms with E-state index in [0.29, 0.717) is 27.6 Å². The molecule has 0 spiro atoms. The van der Waals surface area contributed by atoms with Crippen LogP contribution in [-0.4, -0.2) is 39.2 Å². The number of rotatable bonds is 8. The molecule has 8 nitrogen and oxygen atoms in total. The molecular formula is C25H22ClNO7. The number of esters is 2. The van der Waals surface area contributed by atoms with Crippen molar-refractivity contribution < 1.29 is 33.3 Å². The summed E-state index contributed by atoms with van der Waals surface area (Å²) in [5.74, 6) is -0.769. The van der Waals surface area contributed by atoms with Crippen molar-refractivity contribution in [3.05, 3.63) is 87.9 Å². The van der Waals surface area contributed by atoms with E-state index in [4.69, 9.17) is 30.5 Å². The molecule has 1 amide bonds. The van der Waals surface area contributed by atoms with Crippen LogP contribution in [0.5, 0.6) is 11.5 Å². The third kappa shape index (κ3) is 5.85. The first kappa shape index (κ1) is 24.6. The highest BCUT2D eigenvalue weighted by Crippen LogP contribution is 2.27. The van der Waals surface area contributed by atoms with Gasteiger partial charge < -0.3 is 24.3 Å². The number of halogens is 1. The lowest BCUT2D eigenvalue weighted by atomic mass is 10.1. The summed E-state index contributed by atoms with van der Waals surface area (Å²) in [4.78, 5) is 36.9. The largest absolute Gasteiger partial charge is 0.496 e. The molecule has 0 aromatic heterocycles. The average molecular weight is 484 g/mol. The van der Waals surface area contributed by atoms with Crippen molar-refractivity contribution in [2.45, 2.75) is 6.61 Å². The van der Waals surface area contributed by atoms with Gasteiger partial charge in [-0.1, -0.05) is 23.7 Å². The summed E-state index contributed by atoms with van der Waals surface area (Å²) in [6, 6.07) is 16.0. The van der Waals surface area contributed by atoms with Gasteiger partial charge in [-0.2, -0.15) is 0 Å². The molecule has 0 unspecified atom stereocenters. The number of carbonyl (C=O) groups excluding carboxylic acids is 3. The molecule has 0 saturated carbocycles. The zero-order valence-corrected chi connectivity index (χ0v) is 19.5. The van der Waals surface area contributed by atoms with E-state index in [-0.39, 0.29) is 23.4 Å². The fourth-order valence-electron chi connectivity index (χ4n) is 3.12. The summed E-state index contributed by atoms with van der Waals surface area (Å²) >= 11 is 6.14. The number of nitrogens with one attached hydrogen (secondary N) is 1. The molecule has 9 heteroatoms. The van der Waals surface area contributed by atoms with Crippen LogP contribution in [0.25, 0.3) is 0 Å². The number of carbonyl (C=O) groups is 3. The number of hydrogen-bond acceptors (Lipinski definition) is 7. The highest BCUT2D eigenvalue weighted by atomic mass is 35.5. The number of para-hydroxylation sites is 1. The first-order chi connectivity index (χ1) is 16.4. The summed E-state index contributed by atoms with van der Waals surface area (Å²) in [6.07, 6.45) is 0. The third-order valence-electron chi connectivity index (χ3n) is 4.80. The van der Waals surface area contributed by atoms with Gasteiger partial charge in [0.1, 0.15) is 18.1 Å². The fraction of sp³-hybridized carbons (Fsp3) is 0.160. The molecule has 3 aromatic rings. The van der Waals surface area contributed by atoms with Crippen LogP contribution in [0.1, 0.15) is 36.6 Å². The Morgan fingerprint density at radius 2 is 1.44 bits per heavy atom. The Labute approximate surface area is 201 Å². The number of methoxy groups -OCH3 is 3. The Bertz CT molecular complexity index is 1190. The molecule has 0 atom stereocenters. The van der Waals surface area contributed by atoms with Gasteiger partial charge in [0.2, 0.25) is 0 Å². The Morgan fingerprint density at radius 3 is 2.03 bits per heavy atom. The van der Waals surface area contributed by atoms with Gasteiger partial charge in [0.25, 0.3) is 5.91 Å². The van der Waals surface area contributed by atoms with Gasteiger partial charge in [-0.3, -0.25) is 4.79 Å². The van der Waals surface area contributed by atoms with E-state index in [2.05, 4.69) is 5.32 Å². The molecule has 0 aliphatic carbocycles. The van der Waals surface area contributed by atoms with Crippen molar-refractivity contribution in [3.8, 4) is 11.5 Å². The lowest BCUT2D eigenvalue weighted by Crippen LogP contribution is -2.15. The van der Waals surface area contributed by atoms with Crippen LogP contribution in [-0.2, 0) is 16.1 Å². The third-order valence-corrected chi connectivity index (χ3v) is 5.11. The quantitative estimate of drug-likeness (QED) is 0.461. The van der Waals surface area contributed by atoms with E-state index in [1.54, 1.807) is 42.5 Å². The summed E-state index contributed by atoms with van der Waals surface area (Å²) in [7, 11) is 3.95. The van der Waals surface area contributed by atoms with Crippen LogP contribution in [0, 0.1) is 0 Å². The molecule has 3 aromatic carbocycles. The van der Waals surface area contributed by atoms with E-state index in [9.17, 15) is 14.4 Å². The molecule has 3 rings (SSSR count). The number of benzene rings is 3. The van der Waals surface area contributed by atoms with E-state index < -0.39 is 17.8 Å². The molecule has 0 heterocycles. The zero-order chi connectivity index (χ0) is 24.7. The van der Waals surface area contributed by atoms with Gasteiger partial charge in [-0.15, -0.1) is 0 Å². The minimum atomic E-state index is -0.662. The van der Waals surface area contributed by atoms with Crippen molar-refractivity contribution in [1.29, 1.82) is 0 Å². The van der Waals surface area contributed by atoms with E-state index in [1.807, 2.05) is 0 Å². The second kappa shape index (κ2) is 11.2. The lowest BCUT2D eigenvalue weighted by molar-refractivity contribution is 0.0599.